The zero-order chi connectivity index (χ0) is 14.3. The van der Waals surface area contributed by atoms with Crippen molar-refractivity contribution in [2.75, 3.05) is 20.1 Å². The smallest absolute Gasteiger partial charge is 0.335 e. The number of nitrogens with zero attached hydrogens (tertiary/aromatic N) is 2. The molecule has 0 saturated carbocycles. The molecular formula is C15H18N2O3. The Morgan fingerprint density at radius 3 is 2.80 bits per heavy atom. The van der Waals surface area contributed by atoms with Crippen LogP contribution >= 0.6 is 0 Å². The molecule has 1 fully saturated rings. The van der Waals surface area contributed by atoms with Crippen molar-refractivity contribution in [3.63, 3.8) is 0 Å². The van der Waals surface area contributed by atoms with E-state index in [1.165, 1.54) is 0 Å². The normalized spacial score (nSPS) is 22.9. The van der Waals surface area contributed by atoms with E-state index in [1.54, 1.807) is 17.0 Å². The summed E-state index contributed by atoms with van der Waals surface area (Å²) < 4.78 is 0. The minimum Gasteiger partial charge on any atom is -0.478 e. The molecule has 1 aromatic rings. The zero-order valence-electron chi connectivity index (χ0n) is 11.5. The van der Waals surface area contributed by atoms with E-state index in [1.807, 2.05) is 13.1 Å². The van der Waals surface area contributed by atoms with Crippen molar-refractivity contribution >= 4 is 11.9 Å². The molecular weight excluding hydrogens is 256 g/mol. The van der Waals surface area contributed by atoms with Crippen molar-refractivity contribution in [3.05, 3.63) is 34.9 Å². The summed E-state index contributed by atoms with van der Waals surface area (Å²) in [7, 11) is 1.84. The molecule has 1 aromatic carbocycles. The van der Waals surface area contributed by atoms with Crippen molar-refractivity contribution < 1.29 is 14.7 Å². The highest BCUT2D eigenvalue weighted by atomic mass is 16.4. The van der Waals surface area contributed by atoms with E-state index < -0.39 is 5.97 Å². The SMILES string of the molecule is CN1CCC(N2CCc3c(cccc3C(=O)O)C2)C1=O. The number of carboxylic acids is 1. The van der Waals surface area contributed by atoms with Gasteiger partial charge in [0.2, 0.25) is 5.91 Å². The average Bonchev–Trinajstić information content (AvgIpc) is 2.77. The Morgan fingerprint density at radius 2 is 2.15 bits per heavy atom. The molecule has 0 aliphatic carbocycles. The van der Waals surface area contributed by atoms with Crippen molar-refractivity contribution in [3.8, 4) is 0 Å². The predicted octanol–water partition coefficient (Wildman–Crippen LogP) is 0.974. The van der Waals surface area contributed by atoms with Gasteiger partial charge in [0.1, 0.15) is 0 Å². The Morgan fingerprint density at radius 1 is 1.35 bits per heavy atom. The number of likely N-dealkylation sites (tertiary alicyclic amines) is 1. The van der Waals surface area contributed by atoms with Gasteiger partial charge in [0.05, 0.1) is 11.6 Å². The third kappa shape index (κ3) is 2.08. The van der Waals surface area contributed by atoms with Crippen molar-refractivity contribution in [2.24, 2.45) is 0 Å². The standard InChI is InChI=1S/C15H18N2O3/c1-16-7-6-13(14(16)18)17-8-5-11-10(9-17)3-2-4-12(11)15(19)20/h2-4,13H,5-9H2,1H3,(H,19,20). The van der Waals surface area contributed by atoms with E-state index in [-0.39, 0.29) is 11.9 Å². The highest BCUT2D eigenvalue weighted by molar-refractivity contribution is 5.90. The molecule has 1 saturated heterocycles. The molecule has 1 amide bonds. The monoisotopic (exact) mass is 274 g/mol. The summed E-state index contributed by atoms with van der Waals surface area (Å²) in [5, 5.41) is 9.22. The topological polar surface area (TPSA) is 60.9 Å². The first-order chi connectivity index (χ1) is 9.58. The molecule has 2 aliphatic heterocycles. The second kappa shape index (κ2) is 4.90. The Balaban J connectivity index is 1.84. The third-order valence-corrected chi connectivity index (χ3v) is 4.37. The molecule has 1 atom stereocenters. The number of rotatable bonds is 2. The van der Waals surface area contributed by atoms with E-state index in [9.17, 15) is 14.7 Å². The van der Waals surface area contributed by atoms with Gasteiger partial charge in [-0.2, -0.15) is 0 Å². The number of hydrogen-bond donors (Lipinski definition) is 1. The molecule has 20 heavy (non-hydrogen) atoms. The van der Waals surface area contributed by atoms with E-state index in [4.69, 9.17) is 0 Å². The molecule has 0 spiro atoms. The van der Waals surface area contributed by atoms with Crippen LogP contribution in [0.3, 0.4) is 0 Å². The van der Waals surface area contributed by atoms with Crippen LogP contribution in [0, 0.1) is 0 Å². The number of amides is 1. The second-order valence-corrected chi connectivity index (χ2v) is 5.53. The second-order valence-electron chi connectivity index (χ2n) is 5.53. The number of carbonyl (C=O) groups excluding carboxylic acids is 1. The lowest BCUT2D eigenvalue weighted by atomic mass is 9.93. The number of aromatic carboxylic acids is 1. The lowest BCUT2D eigenvalue weighted by Crippen LogP contribution is -2.43. The number of carboxylic acid groups (broad SMARTS) is 1. The molecule has 0 radical (unpaired) electrons. The van der Waals surface area contributed by atoms with Crippen LogP contribution in [0.2, 0.25) is 0 Å². The van der Waals surface area contributed by atoms with Gasteiger partial charge in [-0.1, -0.05) is 12.1 Å². The Bertz CT molecular complexity index is 570. The van der Waals surface area contributed by atoms with Crippen LogP contribution in [0.25, 0.3) is 0 Å². The fraction of sp³-hybridized carbons (Fsp3) is 0.467. The first kappa shape index (κ1) is 13.1. The zero-order valence-corrected chi connectivity index (χ0v) is 11.5. The maximum atomic E-state index is 12.1. The van der Waals surface area contributed by atoms with Crippen LogP contribution in [0.15, 0.2) is 18.2 Å². The van der Waals surface area contributed by atoms with Gasteiger partial charge in [-0.25, -0.2) is 4.79 Å². The summed E-state index contributed by atoms with van der Waals surface area (Å²) >= 11 is 0. The number of hydrogen-bond acceptors (Lipinski definition) is 3. The molecule has 0 bridgehead atoms. The minimum atomic E-state index is -0.869. The van der Waals surface area contributed by atoms with Gasteiger partial charge in [-0.05, 0) is 30.0 Å². The number of carbonyl (C=O) groups is 2. The Kier molecular flexibility index (Phi) is 3.22. The average molecular weight is 274 g/mol. The summed E-state index contributed by atoms with van der Waals surface area (Å²) in [5.74, 6) is -0.685. The largest absolute Gasteiger partial charge is 0.478 e. The van der Waals surface area contributed by atoms with Crippen LogP contribution in [0.5, 0.6) is 0 Å². The minimum absolute atomic E-state index is 0.0402. The lowest BCUT2D eigenvalue weighted by molar-refractivity contribution is -0.131. The summed E-state index contributed by atoms with van der Waals surface area (Å²) in [4.78, 5) is 27.3. The van der Waals surface area contributed by atoms with Gasteiger partial charge >= 0.3 is 5.97 Å². The number of likely N-dealkylation sites (N-methyl/N-ethyl adjacent to an activating group) is 1. The van der Waals surface area contributed by atoms with Crippen molar-refractivity contribution in [2.45, 2.75) is 25.4 Å². The molecule has 106 valence electrons. The van der Waals surface area contributed by atoms with E-state index >= 15 is 0 Å². The van der Waals surface area contributed by atoms with Crippen molar-refractivity contribution in [1.29, 1.82) is 0 Å². The third-order valence-electron chi connectivity index (χ3n) is 4.37. The quantitative estimate of drug-likeness (QED) is 0.873. The first-order valence-electron chi connectivity index (χ1n) is 6.91. The van der Waals surface area contributed by atoms with E-state index in [2.05, 4.69) is 4.90 Å². The first-order valence-corrected chi connectivity index (χ1v) is 6.91. The molecule has 3 rings (SSSR count). The van der Waals surface area contributed by atoms with E-state index in [0.29, 0.717) is 18.5 Å². The van der Waals surface area contributed by atoms with Gasteiger partial charge in [-0.15, -0.1) is 0 Å². The number of fused-ring (bicyclic) bond motifs is 1. The lowest BCUT2D eigenvalue weighted by Gasteiger charge is -2.33. The molecule has 2 heterocycles. The van der Waals surface area contributed by atoms with Crippen LogP contribution in [-0.2, 0) is 17.8 Å². The van der Waals surface area contributed by atoms with Crippen LogP contribution in [0.4, 0.5) is 0 Å². The van der Waals surface area contributed by atoms with Gasteiger partial charge in [-0.3, -0.25) is 9.69 Å². The molecule has 1 unspecified atom stereocenters. The van der Waals surface area contributed by atoms with Gasteiger partial charge in [0.15, 0.2) is 0 Å². The van der Waals surface area contributed by atoms with E-state index in [0.717, 1.165) is 30.6 Å². The van der Waals surface area contributed by atoms with Crippen LogP contribution < -0.4 is 0 Å². The fourth-order valence-corrected chi connectivity index (χ4v) is 3.24. The van der Waals surface area contributed by atoms with Gasteiger partial charge in [0, 0.05) is 26.7 Å². The summed E-state index contributed by atoms with van der Waals surface area (Å²) in [5.41, 5.74) is 2.37. The Hall–Kier alpha value is -1.88. The van der Waals surface area contributed by atoms with Gasteiger partial charge in [0.25, 0.3) is 0 Å². The Labute approximate surface area is 117 Å². The predicted molar refractivity (Wildman–Crippen MR) is 73.6 cm³/mol. The number of benzene rings is 1. The summed E-state index contributed by atoms with van der Waals surface area (Å²) in [6.45, 7) is 2.23. The molecule has 0 aromatic heterocycles. The molecule has 2 aliphatic rings. The van der Waals surface area contributed by atoms with Gasteiger partial charge < -0.3 is 10.0 Å². The molecule has 5 heteroatoms. The highest BCUT2D eigenvalue weighted by Crippen LogP contribution is 2.26. The summed E-state index contributed by atoms with van der Waals surface area (Å²) in [6.07, 6.45) is 1.56. The summed E-state index contributed by atoms with van der Waals surface area (Å²) in [6, 6.07) is 5.37. The maximum Gasteiger partial charge on any atom is 0.335 e. The molecule has 1 N–H and O–H groups in total. The van der Waals surface area contributed by atoms with Crippen LogP contribution in [0.1, 0.15) is 27.9 Å². The highest BCUT2D eigenvalue weighted by Gasteiger charge is 2.35. The maximum absolute atomic E-state index is 12.1. The fourth-order valence-electron chi connectivity index (χ4n) is 3.24. The van der Waals surface area contributed by atoms with Crippen molar-refractivity contribution in [1.82, 2.24) is 9.80 Å². The molecule has 5 nitrogen and oxygen atoms in total. The van der Waals surface area contributed by atoms with Crippen LogP contribution in [-0.4, -0.2) is 53.0 Å².